The van der Waals surface area contributed by atoms with Gasteiger partial charge in [-0.05, 0) is 17.9 Å². The number of rotatable bonds is 0. The summed E-state index contributed by atoms with van der Waals surface area (Å²) in [5.41, 5.74) is 7.19. The van der Waals surface area contributed by atoms with Crippen molar-refractivity contribution in [2.75, 3.05) is 0 Å². The Labute approximate surface area is 81.0 Å². The van der Waals surface area contributed by atoms with Crippen LogP contribution in [0.1, 0.15) is 27.7 Å². The summed E-state index contributed by atoms with van der Waals surface area (Å²) < 4.78 is 0. The molecule has 1 nitrogen and oxygen atoms in total. The first-order chi connectivity index (χ1) is 5.81. The van der Waals surface area contributed by atoms with E-state index in [0.29, 0.717) is 0 Å². The Kier molecular flexibility index (Phi) is 2.49. The standard InChI is InChI=1S/C12H19N/c1-11(2,3)10-6-5-8-12(4,13)9-7-10/h5-9H,13H2,1-4H3. The summed E-state index contributed by atoms with van der Waals surface area (Å²) in [5.74, 6) is 0. The van der Waals surface area contributed by atoms with Crippen molar-refractivity contribution in [2.24, 2.45) is 11.1 Å². The first-order valence-electron chi connectivity index (χ1n) is 4.69. The molecule has 0 aliphatic heterocycles. The Morgan fingerprint density at radius 3 is 2.38 bits per heavy atom. The molecule has 0 aromatic rings. The molecule has 1 aliphatic rings. The first-order valence-corrected chi connectivity index (χ1v) is 4.69. The number of allylic oxidation sites excluding steroid dienone is 4. The molecular formula is C12H19N. The van der Waals surface area contributed by atoms with Gasteiger partial charge in [-0.2, -0.15) is 0 Å². The van der Waals surface area contributed by atoms with Crippen LogP contribution in [-0.4, -0.2) is 5.54 Å². The summed E-state index contributed by atoms with van der Waals surface area (Å²) in [6, 6.07) is 0. The SMILES string of the molecule is CC1(N)C=CC=C(C(C)(C)C)C=C1. The van der Waals surface area contributed by atoms with E-state index in [4.69, 9.17) is 5.73 Å². The predicted octanol–water partition coefficient (Wildman–Crippen LogP) is 2.80. The fraction of sp³-hybridized carbons (Fsp3) is 0.500. The summed E-state index contributed by atoms with van der Waals surface area (Å²) in [6.45, 7) is 8.61. The van der Waals surface area contributed by atoms with Gasteiger partial charge in [0.25, 0.3) is 0 Å². The van der Waals surface area contributed by atoms with Crippen molar-refractivity contribution in [1.29, 1.82) is 0 Å². The Bertz CT molecular complexity index is 272. The quantitative estimate of drug-likeness (QED) is 0.605. The third-order valence-electron chi connectivity index (χ3n) is 2.22. The van der Waals surface area contributed by atoms with Gasteiger partial charge in [-0.25, -0.2) is 0 Å². The minimum atomic E-state index is -0.302. The molecule has 0 radical (unpaired) electrons. The molecule has 2 N–H and O–H groups in total. The highest BCUT2D eigenvalue weighted by atomic mass is 14.7. The second kappa shape index (κ2) is 3.15. The average Bonchev–Trinajstić information content (AvgIpc) is 2.08. The van der Waals surface area contributed by atoms with Crippen molar-refractivity contribution in [3.05, 3.63) is 36.0 Å². The van der Waals surface area contributed by atoms with Gasteiger partial charge in [0, 0.05) is 0 Å². The van der Waals surface area contributed by atoms with Crippen LogP contribution in [0, 0.1) is 5.41 Å². The van der Waals surface area contributed by atoms with Gasteiger partial charge in [0.05, 0.1) is 5.54 Å². The zero-order valence-electron chi connectivity index (χ0n) is 8.96. The van der Waals surface area contributed by atoms with Gasteiger partial charge in [-0.1, -0.05) is 51.2 Å². The van der Waals surface area contributed by atoms with Crippen molar-refractivity contribution in [1.82, 2.24) is 0 Å². The Hall–Kier alpha value is -0.820. The zero-order chi connectivity index (χ0) is 10.1. The molecule has 0 aromatic carbocycles. The van der Waals surface area contributed by atoms with E-state index in [1.54, 1.807) is 0 Å². The molecule has 72 valence electrons. The maximum absolute atomic E-state index is 5.98. The third kappa shape index (κ3) is 2.85. The maximum Gasteiger partial charge on any atom is 0.0502 e. The van der Waals surface area contributed by atoms with Crippen LogP contribution in [0.3, 0.4) is 0 Å². The van der Waals surface area contributed by atoms with Crippen LogP contribution < -0.4 is 5.73 Å². The van der Waals surface area contributed by atoms with Gasteiger partial charge in [0.1, 0.15) is 0 Å². The lowest BCUT2D eigenvalue weighted by Crippen LogP contribution is -2.30. The van der Waals surface area contributed by atoms with Crippen molar-refractivity contribution in [2.45, 2.75) is 33.2 Å². The number of hydrogen-bond acceptors (Lipinski definition) is 1. The minimum absolute atomic E-state index is 0.196. The molecule has 0 aromatic heterocycles. The lowest BCUT2D eigenvalue weighted by molar-refractivity contribution is 0.517. The molecule has 1 rings (SSSR count). The Morgan fingerprint density at radius 1 is 1.23 bits per heavy atom. The number of hydrogen-bond donors (Lipinski definition) is 1. The van der Waals surface area contributed by atoms with Gasteiger partial charge in [-0.15, -0.1) is 0 Å². The lowest BCUT2D eigenvalue weighted by Gasteiger charge is -2.20. The van der Waals surface area contributed by atoms with Crippen LogP contribution in [0.4, 0.5) is 0 Å². The van der Waals surface area contributed by atoms with E-state index in [2.05, 4.69) is 32.9 Å². The largest absolute Gasteiger partial charge is 0.319 e. The van der Waals surface area contributed by atoms with Crippen LogP contribution >= 0.6 is 0 Å². The molecule has 1 aliphatic carbocycles. The van der Waals surface area contributed by atoms with Gasteiger partial charge < -0.3 is 5.73 Å². The molecule has 1 unspecified atom stereocenters. The van der Waals surface area contributed by atoms with Crippen molar-refractivity contribution >= 4 is 0 Å². The van der Waals surface area contributed by atoms with Crippen LogP contribution in [0.25, 0.3) is 0 Å². The van der Waals surface area contributed by atoms with Crippen LogP contribution in [0.2, 0.25) is 0 Å². The molecule has 0 spiro atoms. The van der Waals surface area contributed by atoms with Gasteiger partial charge >= 0.3 is 0 Å². The van der Waals surface area contributed by atoms with E-state index < -0.39 is 0 Å². The molecular weight excluding hydrogens is 158 g/mol. The van der Waals surface area contributed by atoms with Crippen molar-refractivity contribution in [3.8, 4) is 0 Å². The highest BCUT2D eigenvalue weighted by molar-refractivity contribution is 5.36. The molecule has 0 amide bonds. The molecule has 1 heteroatoms. The average molecular weight is 177 g/mol. The summed E-state index contributed by atoms with van der Waals surface area (Å²) in [7, 11) is 0. The van der Waals surface area contributed by atoms with E-state index >= 15 is 0 Å². The summed E-state index contributed by atoms with van der Waals surface area (Å²) in [5, 5.41) is 0. The van der Waals surface area contributed by atoms with Crippen LogP contribution in [0.5, 0.6) is 0 Å². The molecule has 0 bridgehead atoms. The number of nitrogens with two attached hydrogens (primary N) is 1. The van der Waals surface area contributed by atoms with E-state index in [9.17, 15) is 0 Å². The van der Waals surface area contributed by atoms with Gasteiger partial charge in [0.15, 0.2) is 0 Å². The normalized spacial score (nSPS) is 28.5. The summed E-state index contributed by atoms with van der Waals surface area (Å²) >= 11 is 0. The van der Waals surface area contributed by atoms with Crippen LogP contribution in [0.15, 0.2) is 36.0 Å². The van der Waals surface area contributed by atoms with Gasteiger partial charge in [0.2, 0.25) is 0 Å². The maximum atomic E-state index is 5.98. The highest BCUT2D eigenvalue weighted by Gasteiger charge is 2.17. The Balaban J connectivity index is 2.96. The third-order valence-corrected chi connectivity index (χ3v) is 2.22. The molecule has 0 heterocycles. The van der Waals surface area contributed by atoms with E-state index in [1.807, 2.05) is 25.2 Å². The molecule has 0 saturated carbocycles. The van der Waals surface area contributed by atoms with Crippen LogP contribution in [-0.2, 0) is 0 Å². The minimum Gasteiger partial charge on any atom is -0.319 e. The summed E-state index contributed by atoms with van der Waals surface area (Å²) in [6.07, 6.45) is 10.4. The van der Waals surface area contributed by atoms with Crippen molar-refractivity contribution in [3.63, 3.8) is 0 Å². The van der Waals surface area contributed by atoms with Crippen molar-refractivity contribution < 1.29 is 0 Å². The Morgan fingerprint density at radius 2 is 1.85 bits per heavy atom. The smallest absolute Gasteiger partial charge is 0.0502 e. The predicted molar refractivity (Wildman–Crippen MR) is 58.4 cm³/mol. The second-order valence-corrected chi connectivity index (χ2v) is 4.93. The van der Waals surface area contributed by atoms with E-state index in [0.717, 1.165) is 0 Å². The topological polar surface area (TPSA) is 26.0 Å². The summed E-state index contributed by atoms with van der Waals surface area (Å²) in [4.78, 5) is 0. The monoisotopic (exact) mass is 177 g/mol. The fourth-order valence-electron chi connectivity index (χ4n) is 1.24. The van der Waals surface area contributed by atoms with Gasteiger partial charge in [-0.3, -0.25) is 0 Å². The molecule has 1 atom stereocenters. The van der Waals surface area contributed by atoms with E-state index in [-0.39, 0.29) is 11.0 Å². The second-order valence-electron chi connectivity index (χ2n) is 4.93. The highest BCUT2D eigenvalue weighted by Crippen LogP contribution is 2.28. The molecule has 13 heavy (non-hydrogen) atoms. The fourth-order valence-corrected chi connectivity index (χ4v) is 1.24. The lowest BCUT2D eigenvalue weighted by atomic mass is 9.86. The molecule has 0 saturated heterocycles. The zero-order valence-corrected chi connectivity index (χ0v) is 8.96. The first kappa shape index (κ1) is 10.3. The van der Waals surface area contributed by atoms with E-state index in [1.165, 1.54) is 5.57 Å². The molecule has 0 fully saturated rings.